The maximum Gasteiger partial charge on any atom is 0.135 e. The summed E-state index contributed by atoms with van der Waals surface area (Å²) < 4.78 is 29.9. The van der Waals surface area contributed by atoms with E-state index in [1.807, 2.05) is 19.1 Å². The van der Waals surface area contributed by atoms with E-state index in [4.69, 9.17) is 11.6 Å². The molecule has 23 heavy (non-hydrogen) atoms. The van der Waals surface area contributed by atoms with Gasteiger partial charge in [0.15, 0.2) is 0 Å². The third kappa shape index (κ3) is 3.12. The summed E-state index contributed by atoms with van der Waals surface area (Å²) in [6, 6.07) is 11.1. The molecule has 0 bridgehead atoms. The van der Waals surface area contributed by atoms with E-state index >= 15 is 0 Å². The maximum atomic E-state index is 14.2. The number of rotatable bonds is 3. The van der Waals surface area contributed by atoms with Crippen molar-refractivity contribution in [2.45, 2.75) is 16.7 Å². The van der Waals surface area contributed by atoms with Crippen molar-refractivity contribution in [3.63, 3.8) is 0 Å². The van der Waals surface area contributed by atoms with Crippen LogP contribution in [0.4, 0.5) is 8.78 Å². The van der Waals surface area contributed by atoms with E-state index < -0.39 is 11.6 Å². The zero-order valence-corrected chi connectivity index (χ0v) is 14.1. The average Bonchev–Trinajstić information content (AvgIpc) is 2.76. The number of hydrogen-bond acceptors (Lipinski definition) is 2. The molecule has 0 unspecified atom stereocenters. The average molecular weight is 351 g/mol. The molecule has 0 saturated heterocycles. The van der Waals surface area contributed by atoms with E-state index in [1.54, 1.807) is 19.2 Å². The van der Waals surface area contributed by atoms with Gasteiger partial charge in [0.25, 0.3) is 0 Å². The Morgan fingerprint density at radius 1 is 1.04 bits per heavy atom. The van der Waals surface area contributed by atoms with Crippen LogP contribution < -0.4 is 0 Å². The van der Waals surface area contributed by atoms with Crippen LogP contribution in [-0.4, -0.2) is 9.78 Å². The minimum atomic E-state index is -0.606. The van der Waals surface area contributed by atoms with Crippen LogP contribution in [0.15, 0.2) is 52.3 Å². The Morgan fingerprint density at radius 3 is 2.26 bits per heavy atom. The van der Waals surface area contributed by atoms with Crippen LogP contribution in [0.5, 0.6) is 0 Å². The molecular formula is C17H13ClF2N2S. The van der Waals surface area contributed by atoms with E-state index in [1.165, 1.54) is 34.6 Å². The second kappa shape index (κ2) is 6.34. The lowest BCUT2D eigenvalue weighted by Gasteiger charge is -2.09. The van der Waals surface area contributed by atoms with Crippen LogP contribution in [0, 0.1) is 18.6 Å². The quantitative estimate of drug-likeness (QED) is 0.622. The second-order valence-corrected chi connectivity index (χ2v) is 6.56. The molecule has 0 N–H and O–H groups in total. The van der Waals surface area contributed by atoms with Crippen LogP contribution in [-0.2, 0) is 7.05 Å². The van der Waals surface area contributed by atoms with E-state index in [9.17, 15) is 8.78 Å². The minimum absolute atomic E-state index is 0.0629. The smallest absolute Gasteiger partial charge is 0.135 e. The zero-order valence-electron chi connectivity index (χ0n) is 12.5. The van der Waals surface area contributed by atoms with Gasteiger partial charge in [-0.25, -0.2) is 8.78 Å². The van der Waals surface area contributed by atoms with Crippen molar-refractivity contribution >= 4 is 23.4 Å². The molecule has 2 nitrogen and oxygen atoms in total. The molecule has 3 rings (SSSR count). The summed E-state index contributed by atoms with van der Waals surface area (Å²) in [4.78, 5) is 1.64. The first-order valence-corrected chi connectivity index (χ1v) is 8.08. The van der Waals surface area contributed by atoms with Crippen molar-refractivity contribution in [1.82, 2.24) is 9.78 Å². The van der Waals surface area contributed by atoms with Crippen LogP contribution in [0.25, 0.3) is 11.3 Å². The van der Waals surface area contributed by atoms with Crippen molar-refractivity contribution in [3.8, 4) is 11.3 Å². The molecule has 1 aromatic heterocycles. The predicted molar refractivity (Wildman–Crippen MR) is 88.9 cm³/mol. The first kappa shape index (κ1) is 16.0. The van der Waals surface area contributed by atoms with Crippen molar-refractivity contribution in [1.29, 1.82) is 0 Å². The molecule has 0 aliphatic rings. The molecule has 0 radical (unpaired) electrons. The Balaban J connectivity index is 2.13. The highest BCUT2D eigenvalue weighted by Gasteiger charge is 2.22. The van der Waals surface area contributed by atoms with Gasteiger partial charge in [0.2, 0.25) is 0 Å². The number of nitrogens with zero attached hydrogens (tertiary/aromatic N) is 2. The number of aryl methyl sites for hydroxylation is 2. The van der Waals surface area contributed by atoms with Gasteiger partial charge in [-0.05, 0) is 43.3 Å². The van der Waals surface area contributed by atoms with Crippen molar-refractivity contribution in [2.24, 2.45) is 7.05 Å². The van der Waals surface area contributed by atoms with Gasteiger partial charge >= 0.3 is 0 Å². The Morgan fingerprint density at radius 2 is 1.65 bits per heavy atom. The molecule has 3 aromatic rings. The van der Waals surface area contributed by atoms with Gasteiger partial charge in [-0.2, -0.15) is 5.10 Å². The fourth-order valence-corrected chi connectivity index (χ4v) is 3.53. The monoisotopic (exact) mass is 350 g/mol. The Hall–Kier alpha value is -1.85. The molecule has 0 aliphatic heterocycles. The fourth-order valence-electron chi connectivity index (χ4n) is 2.38. The SMILES string of the molecule is Cc1nn(C)c(-c2c(F)cccc2F)c1Sc1ccc(Cl)cc1. The third-order valence-corrected chi connectivity index (χ3v) is 4.85. The minimum Gasteiger partial charge on any atom is -0.266 e. The van der Waals surface area contributed by atoms with Crippen molar-refractivity contribution in [3.05, 3.63) is 64.8 Å². The Bertz CT molecular complexity index is 840. The highest BCUT2D eigenvalue weighted by molar-refractivity contribution is 7.99. The Labute approximate surface area is 142 Å². The standard InChI is InChI=1S/C17H13ClF2N2S/c1-10-17(23-12-8-6-11(18)7-9-12)16(22(2)21-10)15-13(19)4-3-5-14(15)20/h3-9H,1-2H3. The molecule has 0 aliphatic carbocycles. The van der Waals surface area contributed by atoms with E-state index in [2.05, 4.69) is 5.10 Å². The first-order valence-electron chi connectivity index (χ1n) is 6.89. The summed E-state index contributed by atoms with van der Waals surface area (Å²) in [6.07, 6.45) is 0. The summed E-state index contributed by atoms with van der Waals surface area (Å²) in [6.45, 7) is 1.82. The van der Waals surface area contributed by atoms with Gasteiger partial charge < -0.3 is 0 Å². The van der Waals surface area contributed by atoms with Gasteiger partial charge in [-0.3, -0.25) is 4.68 Å². The first-order chi connectivity index (χ1) is 11.0. The molecule has 118 valence electrons. The van der Waals surface area contributed by atoms with E-state index in [-0.39, 0.29) is 5.56 Å². The molecule has 0 atom stereocenters. The zero-order chi connectivity index (χ0) is 16.6. The highest BCUT2D eigenvalue weighted by Crippen LogP contribution is 2.40. The van der Waals surface area contributed by atoms with E-state index in [0.29, 0.717) is 16.4 Å². The van der Waals surface area contributed by atoms with Crippen LogP contribution in [0.3, 0.4) is 0 Å². The number of hydrogen-bond donors (Lipinski definition) is 0. The lowest BCUT2D eigenvalue weighted by atomic mass is 10.1. The lowest BCUT2D eigenvalue weighted by Crippen LogP contribution is -1.99. The molecule has 0 fully saturated rings. The number of aromatic nitrogens is 2. The molecule has 1 heterocycles. The van der Waals surface area contributed by atoms with Gasteiger partial charge in [-0.15, -0.1) is 0 Å². The molecule has 6 heteroatoms. The van der Waals surface area contributed by atoms with Crippen LogP contribution in [0.1, 0.15) is 5.69 Å². The molecule has 0 spiro atoms. The molecular weight excluding hydrogens is 338 g/mol. The van der Waals surface area contributed by atoms with E-state index in [0.717, 1.165) is 9.79 Å². The number of halogens is 3. The van der Waals surface area contributed by atoms with Gasteiger partial charge in [0.05, 0.1) is 21.8 Å². The highest BCUT2D eigenvalue weighted by atomic mass is 35.5. The molecule has 0 amide bonds. The number of benzene rings is 2. The summed E-state index contributed by atoms with van der Waals surface area (Å²) in [5.74, 6) is -1.21. The maximum absolute atomic E-state index is 14.2. The van der Waals surface area contributed by atoms with Crippen molar-refractivity contribution < 1.29 is 8.78 Å². The Kier molecular flexibility index (Phi) is 4.41. The van der Waals surface area contributed by atoms with Gasteiger partial charge in [0.1, 0.15) is 11.6 Å². The second-order valence-electron chi connectivity index (χ2n) is 5.04. The van der Waals surface area contributed by atoms with Crippen LogP contribution >= 0.6 is 23.4 Å². The molecule has 0 saturated carbocycles. The van der Waals surface area contributed by atoms with Crippen LogP contribution in [0.2, 0.25) is 5.02 Å². The summed E-state index contributed by atoms with van der Waals surface area (Å²) in [7, 11) is 1.68. The lowest BCUT2D eigenvalue weighted by molar-refractivity contribution is 0.584. The fraction of sp³-hybridized carbons (Fsp3) is 0.118. The summed E-state index contributed by atoms with van der Waals surface area (Å²) in [5, 5.41) is 4.96. The molecule has 2 aromatic carbocycles. The van der Waals surface area contributed by atoms with Crippen molar-refractivity contribution in [2.75, 3.05) is 0 Å². The predicted octanol–water partition coefficient (Wildman–Crippen LogP) is 5.48. The van der Waals surface area contributed by atoms with Gasteiger partial charge in [-0.1, -0.05) is 29.4 Å². The summed E-state index contributed by atoms with van der Waals surface area (Å²) >= 11 is 7.30. The third-order valence-electron chi connectivity index (χ3n) is 3.40. The largest absolute Gasteiger partial charge is 0.266 e. The van der Waals surface area contributed by atoms with Gasteiger partial charge in [0, 0.05) is 17.0 Å². The topological polar surface area (TPSA) is 17.8 Å². The normalized spacial score (nSPS) is 11.0. The summed E-state index contributed by atoms with van der Waals surface area (Å²) in [5.41, 5.74) is 1.08.